The highest BCUT2D eigenvalue weighted by atomic mass is 19.1. The SMILES string of the molecule is O=[N+]([O-])c1ccc(CNC2CCCCC2O)cc1F. The predicted molar refractivity (Wildman–Crippen MR) is 68.2 cm³/mol. The molecule has 2 N–H and O–H groups in total. The molecule has 1 aliphatic carbocycles. The van der Waals surface area contributed by atoms with E-state index in [4.69, 9.17) is 0 Å². The van der Waals surface area contributed by atoms with E-state index in [0.29, 0.717) is 12.1 Å². The number of hydrogen-bond acceptors (Lipinski definition) is 4. The molecular weight excluding hydrogens is 251 g/mol. The minimum atomic E-state index is -0.825. The number of nitrogens with one attached hydrogen (secondary N) is 1. The van der Waals surface area contributed by atoms with Crippen molar-refractivity contribution in [3.05, 3.63) is 39.7 Å². The fraction of sp³-hybridized carbons (Fsp3) is 0.538. The third-order valence-electron chi connectivity index (χ3n) is 3.51. The Hall–Kier alpha value is -1.53. The molecule has 2 rings (SSSR count). The molecule has 1 fully saturated rings. The second kappa shape index (κ2) is 6.08. The molecule has 0 spiro atoms. The summed E-state index contributed by atoms with van der Waals surface area (Å²) in [4.78, 5) is 9.76. The molecule has 1 aliphatic rings. The Morgan fingerprint density at radius 2 is 2.16 bits per heavy atom. The van der Waals surface area contributed by atoms with Crippen LogP contribution in [-0.2, 0) is 6.54 Å². The van der Waals surface area contributed by atoms with Crippen molar-refractivity contribution < 1.29 is 14.4 Å². The summed E-state index contributed by atoms with van der Waals surface area (Å²) in [5.74, 6) is -0.825. The molecular formula is C13H17FN2O3. The second-order valence-electron chi connectivity index (χ2n) is 4.88. The summed E-state index contributed by atoms with van der Waals surface area (Å²) < 4.78 is 13.4. The Morgan fingerprint density at radius 3 is 2.79 bits per heavy atom. The Kier molecular flexibility index (Phi) is 4.44. The number of halogens is 1. The highest BCUT2D eigenvalue weighted by Gasteiger charge is 2.22. The van der Waals surface area contributed by atoms with Crippen molar-refractivity contribution in [2.75, 3.05) is 0 Å². The Labute approximate surface area is 110 Å². The first-order chi connectivity index (χ1) is 9.08. The number of hydrogen-bond donors (Lipinski definition) is 2. The van der Waals surface area contributed by atoms with Crippen molar-refractivity contribution in [1.29, 1.82) is 0 Å². The van der Waals surface area contributed by atoms with Crippen LogP contribution < -0.4 is 5.32 Å². The molecule has 1 saturated carbocycles. The van der Waals surface area contributed by atoms with Gasteiger partial charge in [0.2, 0.25) is 5.82 Å². The number of nitro benzene ring substituents is 1. The molecule has 2 unspecified atom stereocenters. The van der Waals surface area contributed by atoms with Gasteiger partial charge in [-0.05, 0) is 24.5 Å². The van der Waals surface area contributed by atoms with Crippen molar-refractivity contribution in [2.24, 2.45) is 0 Å². The molecule has 0 aliphatic heterocycles. The van der Waals surface area contributed by atoms with Crippen molar-refractivity contribution in [3.63, 3.8) is 0 Å². The van der Waals surface area contributed by atoms with Crippen LogP contribution in [0.5, 0.6) is 0 Å². The smallest absolute Gasteiger partial charge is 0.304 e. The molecule has 1 aromatic rings. The maximum absolute atomic E-state index is 13.4. The standard InChI is InChI=1S/C13H17FN2O3/c14-10-7-9(5-6-12(10)16(18)19)8-15-11-3-1-2-4-13(11)17/h5-7,11,13,15,17H,1-4,8H2. The zero-order valence-corrected chi connectivity index (χ0v) is 10.5. The van der Waals surface area contributed by atoms with E-state index in [9.17, 15) is 19.6 Å². The molecule has 0 heterocycles. The molecule has 104 valence electrons. The van der Waals surface area contributed by atoms with Gasteiger partial charge < -0.3 is 10.4 Å². The Bertz CT molecular complexity index is 467. The maximum atomic E-state index is 13.4. The third-order valence-corrected chi connectivity index (χ3v) is 3.51. The molecule has 1 aromatic carbocycles. The molecule has 19 heavy (non-hydrogen) atoms. The Balaban J connectivity index is 1.96. The topological polar surface area (TPSA) is 75.4 Å². The lowest BCUT2D eigenvalue weighted by atomic mass is 9.92. The van der Waals surface area contributed by atoms with Crippen molar-refractivity contribution in [3.8, 4) is 0 Å². The summed E-state index contributed by atoms with van der Waals surface area (Å²) in [6.45, 7) is 0.399. The number of nitrogens with zero attached hydrogens (tertiary/aromatic N) is 1. The van der Waals surface area contributed by atoms with E-state index in [0.717, 1.165) is 25.7 Å². The van der Waals surface area contributed by atoms with Crippen LogP contribution in [0.2, 0.25) is 0 Å². The summed E-state index contributed by atoms with van der Waals surface area (Å²) in [7, 11) is 0. The molecule has 0 amide bonds. The largest absolute Gasteiger partial charge is 0.392 e. The van der Waals surface area contributed by atoms with Crippen LogP contribution >= 0.6 is 0 Å². The molecule has 0 bridgehead atoms. The van der Waals surface area contributed by atoms with Gasteiger partial charge in [0, 0.05) is 18.7 Å². The van der Waals surface area contributed by atoms with Gasteiger partial charge in [-0.3, -0.25) is 10.1 Å². The normalized spacial score (nSPS) is 23.3. The van der Waals surface area contributed by atoms with Crippen LogP contribution in [0.1, 0.15) is 31.2 Å². The van der Waals surface area contributed by atoms with Crippen LogP contribution in [0.15, 0.2) is 18.2 Å². The van der Waals surface area contributed by atoms with Crippen LogP contribution in [-0.4, -0.2) is 22.2 Å². The van der Waals surface area contributed by atoms with Gasteiger partial charge in [-0.1, -0.05) is 18.9 Å². The molecule has 0 radical (unpaired) electrons. The van der Waals surface area contributed by atoms with Crippen LogP contribution in [0, 0.1) is 15.9 Å². The van der Waals surface area contributed by atoms with Gasteiger partial charge in [0.15, 0.2) is 0 Å². The van der Waals surface area contributed by atoms with E-state index < -0.39 is 16.4 Å². The van der Waals surface area contributed by atoms with E-state index >= 15 is 0 Å². The zero-order chi connectivity index (χ0) is 13.8. The van der Waals surface area contributed by atoms with Gasteiger partial charge in [0.1, 0.15) is 0 Å². The van der Waals surface area contributed by atoms with Crippen molar-refractivity contribution in [1.82, 2.24) is 5.32 Å². The van der Waals surface area contributed by atoms with E-state index in [1.54, 1.807) is 0 Å². The zero-order valence-electron chi connectivity index (χ0n) is 10.5. The number of aliphatic hydroxyl groups is 1. The highest BCUT2D eigenvalue weighted by molar-refractivity contribution is 5.34. The van der Waals surface area contributed by atoms with Crippen LogP contribution in [0.4, 0.5) is 10.1 Å². The number of aliphatic hydroxyl groups excluding tert-OH is 1. The summed E-state index contributed by atoms with van der Waals surface area (Å²) in [5.41, 5.74) is 0.127. The lowest BCUT2D eigenvalue weighted by molar-refractivity contribution is -0.387. The fourth-order valence-electron chi connectivity index (χ4n) is 2.41. The number of rotatable bonds is 4. The van der Waals surface area contributed by atoms with Crippen LogP contribution in [0.3, 0.4) is 0 Å². The van der Waals surface area contributed by atoms with Gasteiger partial charge in [-0.15, -0.1) is 0 Å². The Morgan fingerprint density at radius 1 is 1.42 bits per heavy atom. The number of benzene rings is 1. The first-order valence-corrected chi connectivity index (χ1v) is 6.42. The average molecular weight is 268 g/mol. The summed E-state index contributed by atoms with van der Waals surface area (Å²) in [6.07, 6.45) is 3.43. The predicted octanol–water partition coefficient (Wildman–Crippen LogP) is 2.13. The minimum absolute atomic E-state index is 0.0204. The first-order valence-electron chi connectivity index (χ1n) is 6.42. The van der Waals surface area contributed by atoms with Crippen LogP contribution in [0.25, 0.3) is 0 Å². The minimum Gasteiger partial charge on any atom is -0.392 e. The highest BCUT2D eigenvalue weighted by Crippen LogP contribution is 2.20. The molecule has 6 heteroatoms. The fourth-order valence-corrected chi connectivity index (χ4v) is 2.41. The molecule has 0 aromatic heterocycles. The van der Waals surface area contributed by atoms with E-state index in [2.05, 4.69) is 5.32 Å². The van der Waals surface area contributed by atoms with E-state index in [1.165, 1.54) is 18.2 Å². The molecule has 0 saturated heterocycles. The molecule has 2 atom stereocenters. The maximum Gasteiger partial charge on any atom is 0.304 e. The monoisotopic (exact) mass is 268 g/mol. The van der Waals surface area contributed by atoms with Gasteiger partial charge in [-0.2, -0.15) is 4.39 Å². The lowest BCUT2D eigenvalue weighted by Gasteiger charge is -2.28. The van der Waals surface area contributed by atoms with Gasteiger partial charge in [0.25, 0.3) is 0 Å². The third kappa shape index (κ3) is 3.48. The van der Waals surface area contributed by atoms with Gasteiger partial charge in [0.05, 0.1) is 11.0 Å². The second-order valence-corrected chi connectivity index (χ2v) is 4.88. The number of nitro groups is 1. The first kappa shape index (κ1) is 13.9. The summed E-state index contributed by atoms with van der Waals surface area (Å²) in [5, 5.41) is 23.5. The van der Waals surface area contributed by atoms with E-state index in [1.807, 2.05) is 0 Å². The van der Waals surface area contributed by atoms with E-state index in [-0.39, 0.29) is 12.1 Å². The van der Waals surface area contributed by atoms with Gasteiger partial charge >= 0.3 is 5.69 Å². The lowest BCUT2D eigenvalue weighted by Crippen LogP contribution is -2.41. The van der Waals surface area contributed by atoms with Gasteiger partial charge in [-0.25, -0.2) is 0 Å². The summed E-state index contributed by atoms with van der Waals surface area (Å²) >= 11 is 0. The average Bonchev–Trinajstić information content (AvgIpc) is 2.37. The molecule has 5 nitrogen and oxygen atoms in total. The van der Waals surface area contributed by atoms with Crippen molar-refractivity contribution >= 4 is 5.69 Å². The summed E-state index contributed by atoms with van der Waals surface area (Å²) in [6, 6.07) is 3.89. The quantitative estimate of drug-likeness (QED) is 0.648. The van der Waals surface area contributed by atoms with Crippen molar-refractivity contribution in [2.45, 2.75) is 44.4 Å².